The molecule has 0 aromatic heterocycles. The average Bonchev–Trinajstić information content (AvgIpc) is 2.59. The first kappa shape index (κ1) is 17.7. The first-order chi connectivity index (χ1) is 11.5. The minimum Gasteiger partial charge on any atom is -0.481 e. The number of hydrogen-bond donors (Lipinski definition) is 2. The van der Waals surface area contributed by atoms with E-state index in [0.29, 0.717) is 24.3 Å². The molecule has 0 aliphatic rings. The Morgan fingerprint density at radius 3 is 2.54 bits per heavy atom. The molecule has 128 valence electrons. The predicted octanol–water partition coefficient (Wildman–Crippen LogP) is 2.46. The molecule has 0 fully saturated rings. The Labute approximate surface area is 140 Å². The Bertz CT molecular complexity index is 728. The van der Waals surface area contributed by atoms with Crippen molar-refractivity contribution in [1.29, 1.82) is 0 Å². The lowest BCUT2D eigenvalue weighted by molar-refractivity contribution is -0.142. The van der Waals surface area contributed by atoms with Crippen molar-refractivity contribution in [2.24, 2.45) is 5.73 Å². The van der Waals surface area contributed by atoms with Crippen molar-refractivity contribution in [3.05, 3.63) is 36.4 Å². The molecule has 0 heterocycles. The number of nitrogens with one attached hydrogen (secondary N) is 1. The fraction of sp³-hybridized carbons (Fsp3) is 0.333. The number of fused-ring (bicyclic) bond motifs is 1. The maximum atomic E-state index is 12.0. The van der Waals surface area contributed by atoms with Gasteiger partial charge in [-0.25, -0.2) is 4.79 Å². The summed E-state index contributed by atoms with van der Waals surface area (Å²) in [5.41, 5.74) is 6.38. The molecule has 1 unspecified atom stereocenters. The number of methoxy groups -OCH3 is 1. The van der Waals surface area contributed by atoms with Gasteiger partial charge in [0.1, 0.15) is 5.75 Å². The van der Waals surface area contributed by atoms with Gasteiger partial charge in [-0.2, -0.15) is 0 Å². The van der Waals surface area contributed by atoms with Crippen molar-refractivity contribution in [2.75, 3.05) is 19.0 Å². The zero-order chi connectivity index (χ0) is 17.5. The maximum Gasteiger partial charge on any atom is 0.343 e. The lowest BCUT2D eigenvalue weighted by Crippen LogP contribution is -2.19. The summed E-state index contributed by atoms with van der Waals surface area (Å²) in [6.07, 6.45) is 0.997. The molecule has 1 amide bonds. The molecule has 0 aliphatic heterocycles. The predicted molar refractivity (Wildman–Crippen MR) is 93.0 cm³/mol. The highest BCUT2D eigenvalue weighted by atomic mass is 16.6. The molecule has 0 bridgehead atoms. The quantitative estimate of drug-likeness (QED) is 0.761. The van der Waals surface area contributed by atoms with E-state index < -0.39 is 5.97 Å². The molecule has 0 saturated carbocycles. The highest BCUT2D eigenvalue weighted by Gasteiger charge is 2.11. The van der Waals surface area contributed by atoms with Crippen molar-refractivity contribution in [3.63, 3.8) is 0 Å². The highest BCUT2D eigenvalue weighted by Crippen LogP contribution is 2.31. The van der Waals surface area contributed by atoms with Crippen LogP contribution in [0.25, 0.3) is 10.8 Å². The molecule has 2 rings (SSSR count). The van der Waals surface area contributed by atoms with Crippen LogP contribution in [0.4, 0.5) is 5.69 Å². The zero-order valence-electron chi connectivity index (χ0n) is 13.9. The van der Waals surface area contributed by atoms with Gasteiger partial charge >= 0.3 is 5.97 Å². The van der Waals surface area contributed by atoms with E-state index in [1.54, 1.807) is 12.1 Å². The molecule has 6 heteroatoms. The van der Waals surface area contributed by atoms with Crippen LogP contribution in [0.5, 0.6) is 5.75 Å². The summed E-state index contributed by atoms with van der Waals surface area (Å²) in [7, 11) is 1.31. The Hall–Kier alpha value is -2.60. The molecule has 6 nitrogen and oxygen atoms in total. The molecule has 2 aromatic carbocycles. The van der Waals surface area contributed by atoms with E-state index in [2.05, 4.69) is 10.1 Å². The number of rotatable bonds is 7. The van der Waals surface area contributed by atoms with Crippen molar-refractivity contribution < 1.29 is 19.1 Å². The van der Waals surface area contributed by atoms with Gasteiger partial charge in [-0.15, -0.1) is 0 Å². The minimum atomic E-state index is -0.452. The fourth-order valence-corrected chi connectivity index (χ4v) is 2.27. The van der Waals surface area contributed by atoms with Crippen LogP contribution in [0.3, 0.4) is 0 Å². The number of carbonyl (C=O) groups excluding carboxylic acids is 2. The van der Waals surface area contributed by atoms with E-state index >= 15 is 0 Å². The van der Waals surface area contributed by atoms with Crippen LogP contribution in [-0.2, 0) is 14.3 Å². The van der Waals surface area contributed by atoms with Gasteiger partial charge in [0.05, 0.1) is 7.11 Å². The van der Waals surface area contributed by atoms with Crippen molar-refractivity contribution in [1.82, 2.24) is 0 Å². The van der Waals surface area contributed by atoms with Gasteiger partial charge in [-0.05, 0) is 25.5 Å². The van der Waals surface area contributed by atoms with Gasteiger partial charge in [0.15, 0.2) is 6.61 Å². The smallest absolute Gasteiger partial charge is 0.343 e. The first-order valence-corrected chi connectivity index (χ1v) is 7.78. The van der Waals surface area contributed by atoms with Gasteiger partial charge in [0.2, 0.25) is 5.91 Å². The number of hydrogen-bond acceptors (Lipinski definition) is 5. The van der Waals surface area contributed by atoms with Crippen LogP contribution in [0.15, 0.2) is 36.4 Å². The summed E-state index contributed by atoms with van der Waals surface area (Å²) in [5, 5.41) is 4.56. The van der Waals surface area contributed by atoms with Gasteiger partial charge in [-0.1, -0.05) is 24.3 Å². The summed E-state index contributed by atoms with van der Waals surface area (Å²) in [6, 6.07) is 11.0. The molecule has 3 N–H and O–H groups in total. The third kappa shape index (κ3) is 4.70. The number of carbonyl (C=O) groups is 2. The third-order valence-electron chi connectivity index (χ3n) is 3.56. The SMILES string of the molecule is COC(=O)COc1ccc(NC(=O)CCC(C)N)c2ccccc12. The Kier molecular flexibility index (Phi) is 6.14. The Morgan fingerprint density at radius 1 is 1.17 bits per heavy atom. The zero-order valence-corrected chi connectivity index (χ0v) is 13.9. The van der Waals surface area contributed by atoms with Crippen LogP contribution in [0.1, 0.15) is 19.8 Å². The van der Waals surface area contributed by atoms with Crippen molar-refractivity contribution >= 4 is 28.3 Å². The second-order valence-electron chi connectivity index (χ2n) is 5.59. The van der Waals surface area contributed by atoms with Crippen LogP contribution < -0.4 is 15.8 Å². The van der Waals surface area contributed by atoms with Gasteiger partial charge in [0.25, 0.3) is 0 Å². The number of benzene rings is 2. The average molecular weight is 330 g/mol. The number of nitrogens with two attached hydrogens (primary N) is 1. The summed E-state index contributed by atoms with van der Waals surface area (Å²) < 4.78 is 10.1. The Balaban J connectivity index is 2.20. The minimum absolute atomic E-state index is 0.0124. The van der Waals surface area contributed by atoms with E-state index in [1.165, 1.54) is 7.11 Å². The molecule has 2 aromatic rings. The first-order valence-electron chi connectivity index (χ1n) is 7.78. The van der Waals surface area contributed by atoms with E-state index in [9.17, 15) is 9.59 Å². The van der Waals surface area contributed by atoms with Crippen LogP contribution in [0.2, 0.25) is 0 Å². The summed E-state index contributed by atoms with van der Waals surface area (Å²) in [6.45, 7) is 1.71. The van der Waals surface area contributed by atoms with Crippen molar-refractivity contribution in [2.45, 2.75) is 25.8 Å². The summed E-state index contributed by atoms with van der Waals surface area (Å²) in [4.78, 5) is 23.3. The topological polar surface area (TPSA) is 90.6 Å². The van der Waals surface area contributed by atoms with Crippen LogP contribution >= 0.6 is 0 Å². The molecule has 0 spiro atoms. The van der Waals surface area contributed by atoms with E-state index in [1.807, 2.05) is 31.2 Å². The van der Waals surface area contributed by atoms with E-state index in [0.717, 1.165) is 10.8 Å². The standard InChI is InChI=1S/C18H22N2O4/c1-12(19)7-10-17(21)20-15-8-9-16(24-11-18(22)23-2)14-6-4-3-5-13(14)15/h3-6,8-9,12H,7,10-11,19H2,1-2H3,(H,20,21). The molecule has 0 aliphatic carbocycles. The van der Waals surface area contributed by atoms with Gasteiger partial charge in [-0.3, -0.25) is 4.79 Å². The number of esters is 1. The third-order valence-corrected chi connectivity index (χ3v) is 3.56. The molecular formula is C18H22N2O4. The Morgan fingerprint density at radius 2 is 1.88 bits per heavy atom. The maximum absolute atomic E-state index is 12.0. The largest absolute Gasteiger partial charge is 0.481 e. The molecule has 1 atom stereocenters. The lowest BCUT2D eigenvalue weighted by Gasteiger charge is -2.13. The van der Waals surface area contributed by atoms with Crippen LogP contribution in [0, 0.1) is 0 Å². The second kappa shape index (κ2) is 8.31. The molecule has 0 saturated heterocycles. The molecular weight excluding hydrogens is 308 g/mol. The van der Waals surface area contributed by atoms with Crippen LogP contribution in [-0.4, -0.2) is 31.6 Å². The second-order valence-corrected chi connectivity index (χ2v) is 5.59. The summed E-state index contributed by atoms with van der Waals surface area (Å²) in [5.74, 6) is 0.0256. The monoisotopic (exact) mass is 330 g/mol. The lowest BCUT2D eigenvalue weighted by atomic mass is 10.1. The van der Waals surface area contributed by atoms with E-state index in [4.69, 9.17) is 10.5 Å². The fourth-order valence-electron chi connectivity index (χ4n) is 2.27. The van der Waals surface area contributed by atoms with Crippen molar-refractivity contribution in [3.8, 4) is 5.75 Å². The number of amides is 1. The number of ether oxygens (including phenoxy) is 2. The van der Waals surface area contributed by atoms with Gasteiger partial charge in [0, 0.05) is 28.9 Å². The van der Waals surface area contributed by atoms with E-state index in [-0.39, 0.29) is 18.6 Å². The van der Waals surface area contributed by atoms with Gasteiger partial charge < -0.3 is 20.5 Å². The molecule has 24 heavy (non-hydrogen) atoms. The highest BCUT2D eigenvalue weighted by molar-refractivity contribution is 6.04. The summed E-state index contributed by atoms with van der Waals surface area (Å²) >= 11 is 0. The normalized spacial score (nSPS) is 11.8. The molecule has 0 radical (unpaired) electrons. The number of anilines is 1.